The first-order valence-corrected chi connectivity index (χ1v) is 9.70. The van der Waals surface area contributed by atoms with Crippen LogP contribution < -0.4 is 0 Å². The molecule has 23 heavy (non-hydrogen) atoms. The van der Waals surface area contributed by atoms with Crippen LogP contribution in [0.2, 0.25) is 0 Å². The van der Waals surface area contributed by atoms with Gasteiger partial charge in [0.05, 0.1) is 0 Å². The van der Waals surface area contributed by atoms with Crippen LogP contribution in [0.1, 0.15) is 77.0 Å². The third kappa shape index (κ3) is 12.0. The minimum atomic E-state index is 0.221. The zero-order valence-electron chi connectivity index (χ0n) is 14.0. The van der Waals surface area contributed by atoms with Crippen molar-refractivity contribution in [2.45, 2.75) is 82.1 Å². The molecule has 0 fully saturated rings. The molecule has 0 saturated heterocycles. The van der Waals surface area contributed by atoms with E-state index in [1.54, 1.807) is 6.20 Å². The van der Waals surface area contributed by atoms with Crippen molar-refractivity contribution in [3.05, 3.63) is 24.4 Å². The predicted octanol–water partition coefficient (Wildman–Crippen LogP) is 5.58. The highest BCUT2D eigenvalue weighted by atomic mass is 32.2. The molecular weight excluding hydrogens is 306 g/mol. The second-order valence-electron chi connectivity index (χ2n) is 5.88. The Balaban J connectivity index is 1.84. The van der Waals surface area contributed by atoms with Crippen molar-refractivity contribution in [3.63, 3.8) is 0 Å². The fourth-order valence-corrected chi connectivity index (χ4v) is 3.23. The molecule has 0 radical (unpaired) electrons. The number of carbonyl (C=O) groups is 2. The lowest BCUT2D eigenvalue weighted by Gasteiger charge is -2.02. The van der Waals surface area contributed by atoms with Gasteiger partial charge in [0, 0.05) is 19.0 Å². The van der Waals surface area contributed by atoms with Crippen molar-refractivity contribution in [1.82, 2.24) is 4.98 Å². The summed E-state index contributed by atoms with van der Waals surface area (Å²) in [6.45, 7) is 0. The Kier molecular flexibility index (Phi) is 12.5. The summed E-state index contributed by atoms with van der Waals surface area (Å²) >= 11 is 1.25. The van der Waals surface area contributed by atoms with Crippen LogP contribution in [0.5, 0.6) is 0 Å². The van der Waals surface area contributed by atoms with E-state index in [9.17, 15) is 9.59 Å². The van der Waals surface area contributed by atoms with Gasteiger partial charge < -0.3 is 4.79 Å². The number of aldehydes is 1. The van der Waals surface area contributed by atoms with Gasteiger partial charge in [0.1, 0.15) is 11.3 Å². The van der Waals surface area contributed by atoms with Gasteiger partial charge >= 0.3 is 0 Å². The van der Waals surface area contributed by atoms with Crippen LogP contribution in [0.25, 0.3) is 0 Å². The molecule has 0 amide bonds. The first kappa shape index (κ1) is 19.9. The molecule has 1 heterocycles. The van der Waals surface area contributed by atoms with Crippen molar-refractivity contribution < 1.29 is 9.59 Å². The number of pyridine rings is 1. The van der Waals surface area contributed by atoms with Gasteiger partial charge in [-0.3, -0.25) is 4.79 Å². The maximum Gasteiger partial charge on any atom is 0.195 e. The molecule has 0 aromatic carbocycles. The number of carbonyl (C=O) groups excluding carboxylic acids is 2. The topological polar surface area (TPSA) is 47.0 Å². The van der Waals surface area contributed by atoms with Crippen LogP contribution in [0, 0.1) is 0 Å². The van der Waals surface area contributed by atoms with Crippen LogP contribution >= 0.6 is 11.8 Å². The average Bonchev–Trinajstić information content (AvgIpc) is 2.57. The zero-order chi connectivity index (χ0) is 16.6. The van der Waals surface area contributed by atoms with E-state index < -0.39 is 0 Å². The van der Waals surface area contributed by atoms with Gasteiger partial charge in [-0.05, 0) is 36.7 Å². The van der Waals surface area contributed by atoms with E-state index in [4.69, 9.17) is 0 Å². The van der Waals surface area contributed by atoms with E-state index >= 15 is 0 Å². The van der Waals surface area contributed by atoms with Crippen LogP contribution in [0.15, 0.2) is 29.4 Å². The maximum atomic E-state index is 11.8. The smallest absolute Gasteiger partial charge is 0.195 e. The molecule has 0 bridgehead atoms. The molecule has 0 N–H and O–H groups in total. The number of thioether (sulfide) groups is 1. The molecule has 0 aliphatic heterocycles. The van der Waals surface area contributed by atoms with Crippen LogP contribution in [-0.4, -0.2) is 16.4 Å². The zero-order valence-corrected chi connectivity index (χ0v) is 14.9. The van der Waals surface area contributed by atoms with E-state index in [1.807, 2.05) is 18.2 Å². The number of hydrogen-bond donors (Lipinski definition) is 0. The van der Waals surface area contributed by atoms with E-state index in [0.717, 1.165) is 37.0 Å². The summed E-state index contributed by atoms with van der Waals surface area (Å²) in [5, 5.41) is 1.02. The third-order valence-electron chi connectivity index (χ3n) is 3.81. The molecule has 0 aliphatic carbocycles. The Bertz CT molecular complexity index is 423. The van der Waals surface area contributed by atoms with Gasteiger partial charge in [0.25, 0.3) is 0 Å². The SMILES string of the molecule is O=CCCCCCCCCCCCCC(=O)Sc1ccccn1. The molecule has 3 nitrogen and oxygen atoms in total. The molecule has 1 aromatic heterocycles. The van der Waals surface area contributed by atoms with Crippen LogP contribution in [-0.2, 0) is 9.59 Å². The molecular formula is C19H29NO2S. The van der Waals surface area contributed by atoms with E-state index in [1.165, 1.54) is 56.7 Å². The first-order chi connectivity index (χ1) is 11.3. The lowest BCUT2D eigenvalue weighted by Crippen LogP contribution is -1.92. The second-order valence-corrected chi connectivity index (χ2v) is 6.96. The highest BCUT2D eigenvalue weighted by molar-refractivity contribution is 8.13. The Morgan fingerprint density at radius 3 is 2.09 bits per heavy atom. The highest BCUT2D eigenvalue weighted by Gasteiger charge is 2.05. The first-order valence-electron chi connectivity index (χ1n) is 8.88. The molecule has 0 atom stereocenters. The second kappa shape index (κ2) is 14.4. The minimum Gasteiger partial charge on any atom is -0.303 e. The highest BCUT2D eigenvalue weighted by Crippen LogP contribution is 2.19. The predicted molar refractivity (Wildman–Crippen MR) is 96.6 cm³/mol. The Hall–Kier alpha value is -1.16. The van der Waals surface area contributed by atoms with Gasteiger partial charge in [0.15, 0.2) is 5.12 Å². The molecule has 1 aromatic rings. The summed E-state index contributed by atoms with van der Waals surface area (Å²) < 4.78 is 0. The summed E-state index contributed by atoms with van der Waals surface area (Å²) in [7, 11) is 0. The summed E-state index contributed by atoms with van der Waals surface area (Å²) in [6, 6.07) is 5.65. The van der Waals surface area contributed by atoms with Crippen molar-refractivity contribution in [2.24, 2.45) is 0 Å². The molecule has 0 aliphatic rings. The fourth-order valence-electron chi connectivity index (χ4n) is 2.49. The minimum absolute atomic E-state index is 0.221. The van der Waals surface area contributed by atoms with Crippen molar-refractivity contribution in [2.75, 3.05) is 0 Å². The molecule has 128 valence electrons. The summed E-state index contributed by atoms with van der Waals surface area (Å²) in [4.78, 5) is 26.1. The van der Waals surface area contributed by atoms with Crippen molar-refractivity contribution in [1.29, 1.82) is 0 Å². The van der Waals surface area contributed by atoms with Gasteiger partial charge in [0.2, 0.25) is 0 Å². The van der Waals surface area contributed by atoms with Gasteiger partial charge in [-0.2, -0.15) is 0 Å². The van der Waals surface area contributed by atoms with E-state index in [-0.39, 0.29) is 5.12 Å². The van der Waals surface area contributed by atoms with E-state index in [2.05, 4.69) is 4.98 Å². The molecule has 4 heteroatoms. The standard InChI is InChI=1S/C19H29NO2S/c21-17-13-9-7-5-3-1-2-4-6-8-10-15-19(22)23-18-14-11-12-16-20-18/h11-12,14,16-17H,1-10,13,15H2. The number of rotatable bonds is 14. The lowest BCUT2D eigenvalue weighted by molar-refractivity contribution is -0.111. The Labute approximate surface area is 144 Å². The normalized spacial score (nSPS) is 10.6. The lowest BCUT2D eigenvalue weighted by atomic mass is 10.1. The summed E-state index contributed by atoms with van der Waals surface area (Å²) in [5.74, 6) is 0. The summed E-state index contributed by atoms with van der Waals surface area (Å²) in [6.07, 6.45) is 16.1. The maximum absolute atomic E-state index is 11.8. The number of aromatic nitrogens is 1. The monoisotopic (exact) mass is 335 g/mol. The average molecular weight is 336 g/mol. The van der Waals surface area contributed by atoms with Crippen LogP contribution in [0.3, 0.4) is 0 Å². The Morgan fingerprint density at radius 2 is 1.52 bits per heavy atom. The molecule has 0 spiro atoms. The van der Waals surface area contributed by atoms with Gasteiger partial charge in [-0.15, -0.1) is 0 Å². The van der Waals surface area contributed by atoms with Gasteiger partial charge in [-0.25, -0.2) is 4.98 Å². The van der Waals surface area contributed by atoms with E-state index in [0.29, 0.717) is 6.42 Å². The fraction of sp³-hybridized carbons (Fsp3) is 0.632. The molecule has 1 rings (SSSR count). The number of hydrogen-bond acceptors (Lipinski definition) is 4. The molecule has 0 saturated carbocycles. The van der Waals surface area contributed by atoms with Gasteiger partial charge in [-0.1, -0.05) is 57.4 Å². The molecule has 0 unspecified atom stereocenters. The van der Waals surface area contributed by atoms with Crippen molar-refractivity contribution in [3.8, 4) is 0 Å². The quantitative estimate of drug-likeness (QED) is 0.253. The Morgan fingerprint density at radius 1 is 0.913 bits per heavy atom. The van der Waals surface area contributed by atoms with Crippen molar-refractivity contribution >= 4 is 23.2 Å². The van der Waals surface area contributed by atoms with Crippen LogP contribution in [0.4, 0.5) is 0 Å². The third-order valence-corrected chi connectivity index (χ3v) is 4.69. The number of unbranched alkanes of at least 4 members (excludes halogenated alkanes) is 10. The summed E-state index contributed by atoms with van der Waals surface area (Å²) in [5.41, 5.74) is 0. The largest absolute Gasteiger partial charge is 0.303 e. The number of nitrogens with zero attached hydrogens (tertiary/aromatic N) is 1.